The second-order valence-corrected chi connectivity index (χ2v) is 21.3. The van der Waals surface area contributed by atoms with Crippen molar-refractivity contribution in [2.75, 3.05) is 9.71 Å². The molecule has 2 aliphatic heterocycles. The van der Waals surface area contributed by atoms with Crippen LogP contribution in [0.1, 0.15) is 77.6 Å². The number of hydrogen-bond donors (Lipinski definition) is 0. The van der Waals surface area contributed by atoms with Gasteiger partial charge in [-0.05, 0) is 109 Å². The van der Waals surface area contributed by atoms with Crippen molar-refractivity contribution in [3.63, 3.8) is 0 Å². The van der Waals surface area contributed by atoms with Gasteiger partial charge in [0.05, 0.1) is 17.1 Å². The van der Waals surface area contributed by atoms with E-state index in [0.717, 1.165) is 66.9 Å². The Bertz CT molecular complexity index is 3650. The molecule has 0 fully saturated rings. The Morgan fingerprint density at radius 1 is 0.485 bits per heavy atom. The third-order valence-corrected chi connectivity index (χ3v) is 15.0. The molecule has 10 aromatic rings. The summed E-state index contributed by atoms with van der Waals surface area (Å²) in [5, 5.41) is 3.33. The van der Waals surface area contributed by atoms with Crippen LogP contribution in [0.2, 0.25) is 0 Å². The molecule has 0 amide bonds. The van der Waals surface area contributed by atoms with E-state index in [1.807, 2.05) is 0 Å². The van der Waals surface area contributed by atoms with Gasteiger partial charge in [0.2, 0.25) is 5.88 Å². The molecule has 13 rings (SSSR count). The predicted molar refractivity (Wildman–Crippen MR) is 278 cm³/mol. The molecule has 0 unspecified atom stereocenters. The summed E-state index contributed by atoms with van der Waals surface area (Å²) in [6.07, 6.45) is 0. The first kappa shape index (κ1) is 39.2. The van der Waals surface area contributed by atoms with Gasteiger partial charge in [0, 0.05) is 43.9 Å². The summed E-state index contributed by atoms with van der Waals surface area (Å²) in [6, 6.07) is 60.7. The molecule has 66 heavy (non-hydrogen) atoms. The van der Waals surface area contributed by atoms with Crippen LogP contribution in [0, 0.1) is 0 Å². The number of anilines is 5. The molecule has 320 valence electrons. The summed E-state index contributed by atoms with van der Waals surface area (Å²) < 4.78 is 14.5. The fraction of sp³-hybridized carbons (Fsp3) is 0.180. The molecule has 0 bridgehead atoms. The zero-order chi connectivity index (χ0) is 45.0. The number of nitrogens with zero attached hydrogens (tertiary/aromatic N) is 2. The Kier molecular flexibility index (Phi) is 7.96. The molecule has 0 N–H and O–H groups in total. The molecule has 4 nitrogen and oxygen atoms in total. The van der Waals surface area contributed by atoms with E-state index in [1.165, 1.54) is 61.2 Å². The van der Waals surface area contributed by atoms with Crippen molar-refractivity contribution in [2.24, 2.45) is 0 Å². The van der Waals surface area contributed by atoms with Gasteiger partial charge in [0.1, 0.15) is 11.2 Å². The third-order valence-electron chi connectivity index (χ3n) is 15.0. The van der Waals surface area contributed by atoms with Crippen molar-refractivity contribution < 1.29 is 8.83 Å². The van der Waals surface area contributed by atoms with Crippen molar-refractivity contribution in [1.82, 2.24) is 0 Å². The van der Waals surface area contributed by atoms with Gasteiger partial charge in [0.15, 0.2) is 5.58 Å². The molecule has 0 saturated heterocycles. The highest BCUT2D eigenvalue weighted by Gasteiger charge is 2.53. The molecule has 5 heteroatoms. The van der Waals surface area contributed by atoms with E-state index in [9.17, 15) is 0 Å². The van der Waals surface area contributed by atoms with Crippen LogP contribution in [0.5, 0.6) is 0 Å². The van der Waals surface area contributed by atoms with Crippen LogP contribution in [-0.4, -0.2) is 6.85 Å². The molecule has 0 spiro atoms. The van der Waals surface area contributed by atoms with E-state index in [4.69, 9.17) is 8.83 Å². The summed E-state index contributed by atoms with van der Waals surface area (Å²) in [5.41, 5.74) is 21.6. The number of para-hydroxylation sites is 2. The summed E-state index contributed by atoms with van der Waals surface area (Å²) >= 11 is 0. The largest absolute Gasteiger partial charge is 0.454 e. The number of benzene rings is 8. The lowest BCUT2D eigenvalue weighted by Crippen LogP contribution is -2.61. The minimum atomic E-state index is -0.344. The minimum absolute atomic E-state index is 0.0104. The quantitative estimate of drug-likeness (QED) is 0.166. The highest BCUT2D eigenvalue weighted by atomic mass is 16.4. The van der Waals surface area contributed by atoms with Gasteiger partial charge < -0.3 is 13.6 Å². The molecule has 0 atom stereocenters. The maximum Gasteiger partial charge on any atom is 0.337 e. The van der Waals surface area contributed by atoms with Crippen LogP contribution in [0.15, 0.2) is 173 Å². The zero-order valence-corrected chi connectivity index (χ0v) is 38.9. The van der Waals surface area contributed by atoms with E-state index in [-0.39, 0.29) is 23.1 Å². The van der Waals surface area contributed by atoms with Crippen molar-refractivity contribution in [1.29, 1.82) is 0 Å². The SMILES string of the molecule is CC(C)(C)c1ccc(N2B3c4c(cc5c(c4N(c4ccc(C(C)(C)C)cc4-c4ccccc4)c4oc6ccccc6c43)C(C)(C)c3ccccc3-5)-c3ccc4c(oc5ccccc54)c32)cc1. The summed E-state index contributed by atoms with van der Waals surface area (Å²) in [7, 11) is 0. The Balaban J connectivity index is 1.24. The molecular formula is C61H51BN2O2. The van der Waals surface area contributed by atoms with Crippen molar-refractivity contribution in [3.05, 3.63) is 186 Å². The van der Waals surface area contributed by atoms with Crippen LogP contribution < -0.4 is 20.6 Å². The van der Waals surface area contributed by atoms with Gasteiger partial charge >= 0.3 is 6.85 Å². The lowest BCUT2D eigenvalue weighted by Gasteiger charge is -2.46. The first-order valence-corrected chi connectivity index (χ1v) is 23.5. The standard InChI is InChI=1S/C61H51BN2O2/c1-59(2,3)37-26-29-39(30-27-37)64-55-42(31-32-43-41-21-13-16-24-50(41)65-57(43)55)47-35-46-40-20-12-15-23-48(40)61(7,8)52(46)56-53(47)62(64)54-44-22-14-17-25-51(44)66-58(54)63(56)49-33-28-38(60(4,5)6)34-45(49)36-18-10-9-11-19-36/h9-35H,1-8H3. The average molecular weight is 855 g/mol. The normalized spacial score (nSPS) is 14.7. The van der Waals surface area contributed by atoms with Gasteiger partial charge in [0.25, 0.3) is 0 Å². The Morgan fingerprint density at radius 2 is 1.14 bits per heavy atom. The lowest BCUT2D eigenvalue weighted by molar-refractivity contribution is 0.590. The number of furan rings is 2. The topological polar surface area (TPSA) is 32.8 Å². The summed E-state index contributed by atoms with van der Waals surface area (Å²) in [5.74, 6) is 0.844. The molecule has 0 radical (unpaired) electrons. The zero-order valence-electron chi connectivity index (χ0n) is 38.9. The number of hydrogen-bond acceptors (Lipinski definition) is 4. The van der Waals surface area contributed by atoms with Crippen molar-refractivity contribution in [2.45, 2.75) is 71.6 Å². The molecular weight excluding hydrogens is 803 g/mol. The second-order valence-electron chi connectivity index (χ2n) is 21.3. The average Bonchev–Trinajstić information content (AvgIpc) is 3.96. The highest BCUT2D eigenvalue weighted by molar-refractivity contribution is 6.95. The van der Waals surface area contributed by atoms with Crippen molar-refractivity contribution in [3.8, 4) is 33.4 Å². The van der Waals surface area contributed by atoms with Crippen LogP contribution in [0.3, 0.4) is 0 Å². The smallest absolute Gasteiger partial charge is 0.337 e. The van der Waals surface area contributed by atoms with Gasteiger partial charge in [-0.1, -0.05) is 171 Å². The Labute approximate surface area is 387 Å². The van der Waals surface area contributed by atoms with Crippen molar-refractivity contribution >= 4 is 79.3 Å². The maximum atomic E-state index is 7.45. The van der Waals surface area contributed by atoms with Crippen LogP contribution in [-0.2, 0) is 16.2 Å². The first-order chi connectivity index (χ1) is 31.8. The number of fused-ring (bicyclic) bond motifs is 14. The maximum absolute atomic E-state index is 7.45. The molecule has 3 aliphatic rings. The van der Waals surface area contributed by atoms with Crippen LogP contribution in [0.4, 0.5) is 28.6 Å². The first-order valence-electron chi connectivity index (χ1n) is 23.5. The summed E-state index contributed by atoms with van der Waals surface area (Å²) in [4.78, 5) is 5.12. The molecule has 2 aromatic heterocycles. The van der Waals surface area contributed by atoms with Gasteiger partial charge in [-0.2, -0.15) is 0 Å². The molecule has 4 heterocycles. The summed E-state index contributed by atoms with van der Waals surface area (Å²) in [6.45, 7) is 18.3. The van der Waals surface area contributed by atoms with Gasteiger partial charge in [-0.25, -0.2) is 0 Å². The molecule has 1 aliphatic carbocycles. The molecule has 0 saturated carbocycles. The van der Waals surface area contributed by atoms with E-state index in [2.05, 4.69) is 229 Å². The van der Waals surface area contributed by atoms with Gasteiger partial charge in [-0.3, -0.25) is 4.90 Å². The van der Waals surface area contributed by atoms with E-state index >= 15 is 0 Å². The predicted octanol–water partition coefficient (Wildman–Crippen LogP) is 15.6. The van der Waals surface area contributed by atoms with E-state index in [1.54, 1.807) is 0 Å². The lowest BCUT2D eigenvalue weighted by atomic mass is 9.43. The monoisotopic (exact) mass is 854 g/mol. The van der Waals surface area contributed by atoms with Crippen LogP contribution in [0.25, 0.3) is 66.3 Å². The highest BCUT2D eigenvalue weighted by Crippen LogP contribution is 2.60. The van der Waals surface area contributed by atoms with E-state index in [0.29, 0.717) is 0 Å². The Morgan fingerprint density at radius 3 is 1.88 bits per heavy atom. The fourth-order valence-corrected chi connectivity index (χ4v) is 11.7. The minimum Gasteiger partial charge on any atom is -0.454 e. The third kappa shape index (κ3) is 5.34. The fourth-order valence-electron chi connectivity index (χ4n) is 11.7. The number of rotatable bonds is 3. The molecule has 8 aromatic carbocycles. The van der Waals surface area contributed by atoms with Crippen LogP contribution >= 0.6 is 0 Å². The Hall–Kier alpha value is -7.24. The second kappa shape index (κ2) is 13.4. The van der Waals surface area contributed by atoms with E-state index < -0.39 is 0 Å². The van der Waals surface area contributed by atoms with Gasteiger partial charge in [-0.15, -0.1) is 0 Å².